The summed E-state index contributed by atoms with van der Waals surface area (Å²) < 4.78 is 27.6. The highest BCUT2D eigenvalue weighted by atomic mass is 35.5. The SMILES string of the molecule is CC[C@@H](Oc1ccc([C@H]2CN(C(C)=O)Cc3cc4c(cc3O2)CN(Cc2cccc(F)c2)[C@H](C(=O)N[C@@H](Cc2ccc(-c3ccnc(C)c3C)cc2)C(=O)O)C4)cc1)c1ccc(Cl)c(Cl)c1. The van der Waals surface area contributed by atoms with Gasteiger partial charge in [0, 0.05) is 50.4 Å². The van der Waals surface area contributed by atoms with E-state index < -0.39 is 35.9 Å². The van der Waals surface area contributed by atoms with Crippen LogP contribution in [0.5, 0.6) is 11.5 Å². The summed E-state index contributed by atoms with van der Waals surface area (Å²) in [5, 5.41) is 14.2. The molecule has 0 spiro atoms. The first-order valence-electron chi connectivity index (χ1n) is 22.0. The zero-order valence-electron chi connectivity index (χ0n) is 37.2. The van der Waals surface area contributed by atoms with Gasteiger partial charge in [-0.2, -0.15) is 0 Å². The Morgan fingerprint density at radius 2 is 1.67 bits per heavy atom. The monoisotopic (exact) mass is 928 g/mol. The zero-order valence-corrected chi connectivity index (χ0v) is 38.7. The number of nitrogens with one attached hydrogen (secondary N) is 1. The summed E-state index contributed by atoms with van der Waals surface area (Å²) in [7, 11) is 0. The number of hydrogen-bond donors (Lipinski definition) is 2. The lowest BCUT2D eigenvalue weighted by molar-refractivity contribution is -0.143. The smallest absolute Gasteiger partial charge is 0.326 e. The molecule has 5 aromatic carbocycles. The third-order valence-corrected chi connectivity index (χ3v) is 13.4. The maximum absolute atomic E-state index is 14.5. The van der Waals surface area contributed by atoms with Crippen LogP contribution in [0.4, 0.5) is 4.39 Å². The molecular weight excluding hydrogens is 879 g/mol. The van der Waals surface area contributed by atoms with E-state index in [1.54, 1.807) is 29.3 Å². The summed E-state index contributed by atoms with van der Waals surface area (Å²) in [5.74, 6) is -0.831. The van der Waals surface area contributed by atoms with Crippen LogP contribution >= 0.6 is 23.2 Å². The molecule has 0 fully saturated rings. The fourth-order valence-corrected chi connectivity index (χ4v) is 9.13. The van der Waals surface area contributed by atoms with Crippen LogP contribution in [0.3, 0.4) is 0 Å². The Labute approximate surface area is 394 Å². The number of hydrogen-bond acceptors (Lipinski definition) is 7. The van der Waals surface area contributed by atoms with Crippen molar-refractivity contribution in [2.24, 2.45) is 0 Å². The average Bonchev–Trinajstić information content (AvgIpc) is 3.49. The number of aliphatic carboxylic acids is 1. The second-order valence-electron chi connectivity index (χ2n) is 17.1. The van der Waals surface area contributed by atoms with Gasteiger partial charge in [-0.3, -0.25) is 19.5 Å². The minimum atomic E-state index is -1.21. The number of halogens is 3. The number of pyridine rings is 1. The standard InChI is InChI=1S/C53H51Cl2FN4O6/c1-5-49(38-15-18-45(54)46(55)24-38)65-43-16-13-37(14-17-43)51-30-59(33(4)61)29-41-23-39-25-48(60(28-40(39)26-50(41)66-51)27-35-7-6-8-42(56)21-35)52(62)58-47(53(63)64)22-34-9-11-36(12-10-34)44-19-20-57-32(3)31(44)2/h6-21,23-24,26,47-49,51H,5,22,25,27-30H2,1-4H3,(H,58,62)(H,63,64)/t47-,48-,49+,51+/m0/s1. The van der Waals surface area contributed by atoms with Crippen LogP contribution in [0.2, 0.25) is 10.0 Å². The number of aryl methyl sites for hydroxylation is 1. The van der Waals surface area contributed by atoms with Gasteiger partial charge in [-0.1, -0.05) is 84.7 Å². The van der Waals surface area contributed by atoms with Gasteiger partial charge in [0.15, 0.2) is 0 Å². The van der Waals surface area contributed by atoms with E-state index in [4.69, 9.17) is 32.7 Å². The molecule has 2 amide bonds. The Morgan fingerprint density at radius 3 is 2.36 bits per heavy atom. The number of rotatable bonds is 13. The first kappa shape index (κ1) is 46.3. The molecule has 340 valence electrons. The van der Waals surface area contributed by atoms with Crippen molar-refractivity contribution in [3.63, 3.8) is 0 Å². The maximum Gasteiger partial charge on any atom is 0.326 e. The van der Waals surface area contributed by atoms with Crippen molar-refractivity contribution in [2.75, 3.05) is 6.54 Å². The summed E-state index contributed by atoms with van der Waals surface area (Å²) in [6.07, 6.45) is 2.05. The topological polar surface area (TPSA) is 121 Å². The van der Waals surface area contributed by atoms with Gasteiger partial charge >= 0.3 is 5.97 Å². The van der Waals surface area contributed by atoms with Gasteiger partial charge in [0.2, 0.25) is 11.8 Å². The molecule has 10 nitrogen and oxygen atoms in total. The molecule has 0 unspecified atom stereocenters. The second kappa shape index (κ2) is 20.1. The third-order valence-electron chi connectivity index (χ3n) is 12.6. The average molecular weight is 930 g/mol. The van der Waals surface area contributed by atoms with Gasteiger partial charge in [0.1, 0.15) is 35.6 Å². The summed E-state index contributed by atoms with van der Waals surface area (Å²) in [6.45, 7) is 8.68. The fraction of sp³-hybridized carbons (Fsp3) is 0.283. The first-order valence-corrected chi connectivity index (χ1v) is 22.8. The second-order valence-corrected chi connectivity index (χ2v) is 17.9. The highest BCUT2D eigenvalue weighted by Crippen LogP contribution is 2.38. The predicted molar refractivity (Wildman–Crippen MR) is 253 cm³/mol. The molecule has 2 aliphatic heterocycles. The van der Waals surface area contributed by atoms with Crippen molar-refractivity contribution in [3.05, 3.63) is 181 Å². The van der Waals surface area contributed by atoms with Crippen LogP contribution in [0, 0.1) is 19.7 Å². The summed E-state index contributed by atoms with van der Waals surface area (Å²) >= 11 is 12.5. The number of carboxylic acids is 1. The van der Waals surface area contributed by atoms with E-state index in [2.05, 4.69) is 10.3 Å². The molecule has 4 atom stereocenters. The normalized spacial score (nSPS) is 16.8. The van der Waals surface area contributed by atoms with Gasteiger partial charge < -0.3 is 24.8 Å². The van der Waals surface area contributed by atoms with Crippen molar-refractivity contribution in [3.8, 4) is 22.6 Å². The summed E-state index contributed by atoms with van der Waals surface area (Å²) in [5.41, 5.74) is 9.82. The summed E-state index contributed by atoms with van der Waals surface area (Å²) in [6, 6.07) is 31.0. The van der Waals surface area contributed by atoms with Crippen LogP contribution in [-0.2, 0) is 46.9 Å². The van der Waals surface area contributed by atoms with Crippen molar-refractivity contribution in [1.29, 1.82) is 0 Å². The van der Waals surface area contributed by atoms with E-state index in [0.29, 0.717) is 53.2 Å². The predicted octanol–water partition coefficient (Wildman–Crippen LogP) is 10.6. The largest absolute Gasteiger partial charge is 0.486 e. The number of aromatic nitrogens is 1. The fourth-order valence-electron chi connectivity index (χ4n) is 8.83. The van der Waals surface area contributed by atoms with E-state index in [9.17, 15) is 23.9 Å². The third kappa shape index (κ3) is 10.5. The zero-order chi connectivity index (χ0) is 46.6. The lowest BCUT2D eigenvalue weighted by atomic mass is 9.90. The van der Waals surface area contributed by atoms with Gasteiger partial charge in [0.05, 0.1) is 22.6 Å². The number of carbonyl (C=O) groups is 3. The van der Waals surface area contributed by atoms with Crippen LogP contribution in [-0.4, -0.2) is 56.3 Å². The van der Waals surface area contributed by atoms with Crippen LogP contribution in [0.15, 0.2) is 115 Å². The Hall–Kier alpha value is -6.27. The molecule has 0 bridgehead atoms. The minimum Gasteiger partial charge on any atom is -0.486 e. The number of amides is 2. The van der Waals surface area contributed by atoms with Crippen LogP contribution in [0.1, 0.15) is 82.7 Å². The molecule has 0 radical (unpaired) electrons. The highest BCUT2D eigenvalue weighted by molar-refractivity contribution is 6.42. The lowest BCUT2D eigenvalue weighted by Gasteiger charge is -2.37. The molecule has 0 aliphatic carbocycles. The van der Waals surface area contributed by atoms with Gasteiger partial charge in [0.25, 0.3) is 0 Å². The molecule has 6 aromatic rings. The van der Waals surface area contributed by atoms with Gasteiger partial charge in [-0.15, -0.1) is 0 Å². The molecule has 3 heterocycles. The Kier molecular flexibility index (Phi) is 14.1. The molecule has 0 saturated heterocycles. The minimum absolute atomic E-state index is 0.0730. The highest BCUT2D eigenvalue weighted by Gasteiger charge is 2.36. The van der Waals surface area contributed by atoms with Gasteiger partial charge in [-0.25, -0.2) is 9.18 Å². The van der Waals surface area contributed by atoms with E-state index >= 15 is 0 Å². The first-order chi connectivity index (χ1) is 31.7. The molecule has 0 saturated carbocycles. The molecule has 1 aromatic heterocycles. The molecule has 13 heteroatoms. The van der Waals surface area contributed by atoms with Crippen molar-refractivity contribution < 1.29 is 33.4 Å². The van der Waals surface area contributed by atoms with E-state index in [1.807, 2.05) is 105 Å². The Balaban J connectivity index is 1.03. The van der Waals surface area contributed by atoms with Crippen LogP contribution < -0.4 is 14.8 Å². The molecule has 2 N–H and O–H groups in total. The van der Waals surface area contributed by atoms with E-state index in [-0.39, 0.29) is 31.4 Å². The number of fused-ring (bicyclic) bond motifs is 2. The van der Waals surface area contributed by atoms with Crippen molar-refractivity contribution in [2.45, 2.75) is 90.9 Å². The lowest BCUT2D eigenvalue weighted by Crippen LogP contribution is -2.54. The maximum atomic E-state index is 14.5. The number of benzene rings is 5. The number of carboxylic acid groups (broad SMARTS) is 1. The Morgan fingerprint density at radius 1 is 0.894 bits per heavy atom. The molecule has 2 aliphatic rings. The van der Waals surface area contributed by atoms with E-state index in [1.165, 1.54) is 19.1 Å². The van der Waals surface area contributed by atoms with Crippen molar-refractivity contribution in [1.82, 2.24) is 20.1 Å². The molecule has 66 heavy (non-hydrogen) atoms. The van der Waals surface area contributed by atoms with Crippen LogP contribution in [0.25, 0.3) is 11.1 Å². The quantitative estimate of drug-likeness (QED) is 0.117. The van der Waals surface area contributed by atoms with E-state index in [0.717, 1.165) is 55.8 Å². The Bertz CT molecular complexity index is 2770. The molecule has 8 rings (SSSR count). The number of nitrogens with zero attached hydrogens (tertiary/aromatic N) is 3. The number of ether oxygens (including phenoxy) is 2. The van der Waals surface area contributed by atoms with Crippen molar-refractivity contribution >= 4 is 41.0 Å². The van der Waals surface area contributed by atoms with Gasteiger partial charge in [-0.05, 0) is 131 Å². The number of carbonyl (C=O) groups excluding carboxylic acids is 2. The molecular formula is C53H51Cl2FN4O6. The summed E-state index contributed by atoms with van der Waals surface area (Å²) in [4.78, 5) is 48.2.